The lowest BCUT2D eigenvalue weighted by molar-refractivity contribution is -0.132. The van der Waals surface area contributed by atoms with Gasteiger partial charge in [-0.15, -0.1) is 0 Å². The van der Waals surface area contributed by atoms with E-state index in [0.29, 0.717) is 29.2 Å². The maximum Gasteiger partial charge on any atom is 0.300 e. The molecule has 4 aromatic carbocycles. The Morgan fingerprint density at radius 3 is 2.24 bits per heavy atom. The molecule has 2 N–H and O–H groups in total. The molecule has 1 amide bonds. The molecular weight excluding hydrogens is 528 g/mol. The number of anilines is 2. The number of hydrogen-bond acceptors (Lipinski definition) is 6. The molecule has 1 atom stereocenters. The summed E-state index contributed by atoms with van der Waals surface area (Å²) in [6.07, 6.45) is 0. The van der Waals surface area contributed by atoms with Crippen LogP contribution in [0.15, 0.2) is 103 Å². The molecule has 5 rings (SSSR count). The van der Waals surface area contributed by atoms with Crippen molar-refractivity contribution in [1.82, 2.24) is 0 Å². The topological polar surface area (TPSA) is 90.3 Å². The SMILES string of the molecule is CCN(CC)c1ccc(N2C(=O)C(=O)/C(=C(\O)c3ccc(OCc4ccccc4)c(C)c3)C2c2cccc(O)c2)cc1. The number of ketones is 1. The van der Waals surface area contributed by atoms with E-state index in [-0.39, 0.29) is 17.1 Å². The molecule has 1 saturated heterocycles. The second-order valence-electron chi connectivity index (χ2n) is 10.2. The van der Waals surface area contributed by atoms with Crippen LogP contribution in [0.25, 0.3) is 5.76 Å². The highest BCUT2D eigenvalue weighted by molar-refractivity contribution is 6.51. The molecule has 214 valence electrons. The zero-order chi connectivity index (χ0) is 29.8. The molecular formula is C35H34N2O5. The van der Waals surface area contributed by atoms with Crippen molar-refractivity contribution in [2.75, 3.05) is 22.9 Å². The van der Waals surface area contributed by atoms with E-state index in [1.54, 1.807) is 42.5 Å². The summed E-state index contributed by atoms with van der Waals surface area (Å²) >= 11 is 0. The monoisotopic (exact) mass is 562 g/mol. The summed E-state index contributed by atoms with van der Waals surface area (Å²) in [7, 11) is 0. The highest BCUT2D eigenvalue weighted by atomic mass is 16.5. The fourth-order valence-corrected chi connectivity index (χ4v) is 5.37. The van der Waals surface area contributed by atoms with Gasteiger partial charge in [-0.3, -0.25) is 14.5 Å². The van der Waals surface area contributed by atoms with Crippen LogP contribution in [0.4, 0.5) is 11.4 Å². The van der Waals surface area contributed by atoms with Crippen molar-refractivity contribution in [3.8, 4) is 11.5 Å². The summed E-state index contributed by atoms with van der Waals surface area (Å²) < 4.78 is 5.98. The van der Waals surface area contributed by atoms with E-state index in [1.807, 2.05) is 49.4 Å². The Labute approximate surface area is 245 Å². The highest BCUT2D eigenvalue weighted by Gasteiger charge is 2.47. The molecule has 1 aliphatic rings. The molecule has 1 aliphatic heterocycles. The first kappa shape index (κ1) is 28.5. The first-order valence-electron chi connectivity index (χ1n) is 14.0. The van der Waals surface area contributed by atoms with Gasteiger partial charge in [0.15, 0.2) is 0 Å². The first-order valence-corrected chi connectivity index (χ1v) is 14.0. The minimum Gasteiger partial charge on any atom is -0.508 e. The summed E-state index contributed by atoms with van der Waals surface area (Å²) in [6.45, 7) is 8.06. The lowest BCUT2D eigenvalue weighted by atomic mass is 9.94. The largest absolute Gasteiger partial charge is 0.508 e. The van der Waals surface area contributed by atoms with Gasteiger partial charge in [0.25, 0.3) is 11.7 Å². The van der Waals surface area contributed by atoms with Gasteiger partial charge in [-0.25, -0.2) is 0 Å². The highest BCUT2D eigenvalue weighted by Crippen LogP contribution is 2.43. The summed E-state index contributed by atoms with van der Waals surface area (Å²) in [5.74, 6) is -1.20. The van der Waals surface area contributed by atoms with E-state index in [1.165, 1.54) is 17.0 Å². The molecule has 0 bridgehead atoms. The van der Waals surface area contributed by atoms with Crippen molar-refractivity contribution in [2.24, 2.45) is 0 Å². The quantitative estimate of drug-likeness (QED) is 0.133. The molecule has 42 heavy (non-hydrogen) atoms. The number of rotatable bonds is 9. The van der Waals surface area contributed by atoms with E-state index in [4.69, 9.17) is 4.74 Å². The summed E-state index contributed by atoms with van der Waals surface area (Å²) in [5, 5.41) is 21.8. The third-order valence-electron chi connectivity index (χ3n) is 7.57. The predicted octanol–water partition coefficient (Wildman–Crippen LogP) is 6.75. The zero-order valence-electron chi connectivity index (χ0n) is 23.9. The van der Waals surface area contributed by atoms with Gasteiger partial charge < -0.3 is 19.8 Å². The maximum absolute atomic E-state index is 13.5. The number of amides is 1. The number of ether oxygens (including phenoxy) is 1. The van der Waals surface area contributed by atoms with Crippen LogP contribution in [-0.4, -0.2) is 35.0 Å². The average Bonchev–Trinajstić information content (AvgIpc) is 3.27. The molecule has 7 nitrogen and oxygen atoms in total. The van der Waals surface area contributed by atoms with Crippen LogP contribution in [0.1, 0.15) is 42.1 Å². The Balaban J connectivity index is 1.54. The van der Waals surface area contributed by atoms with E-state index in [2.05, 4.69) is 18.7 Å². The van der Waals surface area contributed by atoms with Crippen LogP contribution in [-0.2, 0) is 16.2 Å². The molecule has 1 heterocycles. The molecule has 0 aromatic heterocycles. The number of carbonyl (C=O) groups is 2. The van der Waals surface area contributed by atoms with Crippen LogP contribution in [0.2, 0.25) is 0 Å². The molecule has 4 aromatic rings. The fraction of sp³-hybridized carbons (Fsp3) is 0.200. The Morgan fingerprint density at radius 1 is 0.881 bits per heavy atom. The smallest absolute Gasteiger partial charge is 0.300 e. The minimum atomic E-state index is -0.939. The van der Waals surface area contributed by atoms with Crippen molar-refractivity contribution >= 4 is 28.8 Å². The van der Waals surface area contributed by atoms with E-state index in [0.717, 1.165) is 29.9 Å². The fourth-order valence-electron chi connectivity index (χ4n) is 5.37. The number of carbonyl (C=O) groups excluding carboxylic acids is 2. The van der Waals surface area contributed by atoms with Gasteiger partial charge in [-0.05, 0) is 92.1 Å². The molecule has 0 spiro atoms. The number of hydrogen-bond donors (Lipinski definition) is 2. The number of nitrogens with zero attached hydrogens (tertiary/aromatic N) is 2. The normalized spacial score (nSPS) is 16.1. The van der Waals surface area contributed by atoms with Crippen LogP contribution >= 0.6 is 0 Å². The standard InChI is InChI=1S/C35H34N2O5/c1-4-36(5-2)27-15-17-28(18-16-27)37-32(25-12-9-13-29(38)21-25)31(34(40)35(37)41)33(39)26-14-19-30(23(3)20-26)42-22-24-10-7-6-8-11-24/h6-21,32,38-39H,4-5,22H2,1-3H3/b33-31-. The summed E-state index contributed by atoms with van der Waals surface area (Å²) in [6, 6.07) is 27.9. The van der Waals surface area contributed by atoms with Crippen LogP contribution in [0, 0.1) is 6.92 Å². The van der Waals surface area contributed by atoms with Gasteiger partial charge in [-0.1, -0.05) is 42.5 Å². The van der Waals surface area contributed by atoms with Crippen molar-refractivity contribution in [1.29, 1.82) is 0 Å². The van der Waals surface area contributed by atoms with E-state index < -0.39 is 17.7 Å². The lowest BCUT2D eigenvalue weighted by Gasteiger charge is -2.27. The Bertz CT molecular complexity index is 1630. The molecule has 7 heteroatoms. The van der Waals surface area contributed by atoms with Gasteiger partial charge in [-0.2, -0.15) is 0 Å². The molecule has 0 saturated carbocycles. The van der Waals surface area contributed by atoms with Crippen LogP contribution < -0.4 is 14.5 Å². The van der Waals surface area contributed by atoms with Crippen LogP contribution in [0.3, 0.4) is 0 Å². The van der Waals surface area contributed by atoms with Crippen LogP contribution in [0.5, 0.6) is 11.5 Å². The maximum atomic E-state index is 13.5. The first-order chi connectivity index (χ1) is 20.3. The number of phenols is 1. The summed E-state index contributed by atoms with van der Waals surface area (Å²) in [4.78, 5) is 30.6. The van der Waals surface area contributed by atoms with Gasteiger partial charge in [0, 0.05) is 30.0 Å². The molecule has 1 unspecified atom stereocenters. The van der Waals surface area contributed by atoms with E-state index in [9.17, 15) is 19.8 Å². The van der Waals surface area contributed by atoms with Crippen molar-refractivity contribution in [2.45, 2.75) is 33.4 Å². The number of aryl methyl sites for hydroxylation is 1. The number of phenolic OH excluding ortho intramolecular Hbond substituents is 1. The number of Topliss-reactive ketones (excluding diaryl/α,β-unsaturated/α-hetero) is 1. The second kappa shape index (κ2) is 12.2. The zero-order valence-corrected chi connectivity index (χ0v) is 23.9. The number of aliphatic hydroxyl groups is 1. The van der Waals surface area contributed by atoms with Gasteiger partial charge in [0.1, 0.15) is 23.9 Å². The van der Waals surface area contributed by atoms with Crippen molar-refractivity contribution < 1.29 is 24.5 Å². The van der Waals surface area contributed by atoms with Gasteiger partial charge in [0.05, 0.1) is 11.6 Å². The molecule has 0 radical (unpaired) electrons. The molecule has 0 aliphatic carbocycles. The molecule has 1 fully saturated rings. The van der Waals surface area contributed by atoms with Crippen molar-refractivity contribution in [3.05, 3.63) is 125 Å². The number of aliphatic hydroxyl groups excluding tert-OH is 1. The Kier molecular flexibility index (Phi) is 8.29. The van der Waals surface area contributed by atoms with Gasteiger partial charge >= 0.3 is 0 Å². The Hall–Kier alpha value is -5.04. The average molecular weight is 563 g/mol. The predicted molar refractivity (Wildman–Crippen MR) is 165 cm³/mol. The second-order valence-corrected chi connectivity index (χ2v) is 10.2. The number of aromatic hydroxyl groups is 1. The Morgan fingerprint density at radius 2 is 1.60 bits per heavy atom. The minimum absolute atomic E-state index is 0.00858. The van der Waals surface area contributed by atoms with Crippen molar-refractivity contribution in [3.63, 3.8) is 0 Å². The number of benzene rings is 4. The third-order valence-corrected chi connectivity index (χ3v) is 7.57. The van der Waals surface area contributed by atoms with Gasteiger partial charge in [0.2, 0.25) is 0 Å². The lowest BCUT2D eigenvalue weighted by Crippen LogP contribution is -2.29. The summed E-state index contributed by atoms with van der Waals surface area (Å²) in [5.41, 5.74) is 4.16. The third kappa shape index (κ3) is 5.59. The van der Waals surface area contributed by atoms with E-state index >= 15 is 0 Å².